The first-order chi connectivity index (χ1) is 70.0. The molecule has 0 spiro atoms. The highest BCUT2D eigenvalue weighted by Gasteiger charge is 2.37. The molecule has 1 aliphatic carbocycles. The maximum absolute atomic E-state index is 13.6. The first kappa shape index (κ1) is 122. The minimum Gasteiger partial charge on any atom is -0.495 e. The van der Waals surface area contributed by atoms with Crippen molar-refractivity contribution < 1.29 is 46.7 Å². The molecule has 0 saturated heterocycles. The van der Waals surface area contributed by atoms with Gasteiger partial charge >= 0.3 is 6.04 Å². The number of ether oxygens (including phenoxy) is 8. The summed E-state index contributed by atoms with van der Waals surface area (Å²) >= 11 is 0. The first-order valence-electron chi connectivity index (χ1n) is 51.5. The smallest absolute Gasteiger partial charge is 0.404 e. The fourth-order valence-corrected chi connectivity index (χ4v) is 12.4. The number of hydrogen-bond acceptors (Lipinski definition) is 15. The number of fused-ring (bicyclic) bond motifs is 4. The summed E-state index contributed by atoms with van der Waals surface area (Å²) in [6.07, 6.45) is 61.5. The second kappa shape index (κ2) is 66.1. The summed E-state index contributed by atoms with van der Waals surface area (Å²) < 4.78 is 70.6. The highest BCUT2D eigenvalue weighted by Crippen LogP contribution is 2.41. The summed E-state index contributed by atoms with van der Waals surface area (Å²) in [6.45, 7) is 57.2. The summed E-state index contributed by atoms with van der Waals surface area (Å²) in [5, 5.41) is 1.30. The van der Waals surface area contributed by atoms with E-state index in [0.717, 1.165) is 92.4 Å². The van der Waals surface area contributed by atoms with Gasteiger partial charge in [0.2, 0.25) is 13.6 Å². The van der Waals surface area contributed by atoms with Gasteiger partial charge < -0.3 is 42.5 Å². The molecule has 18 heteroatoms. The van der Waals surface area contributed by atoms with Gasteiger partial charge in [-0.3, -0.25) is 29.9 Å². The molecule has 4 aromatic carbocycles. The molecule has 3 aliphatic heterocycles. The van der Waals surface area contributed by atoms with E-state index in [1.165, 1.54) is 46.1 Å². The Kier molecular flexibility index (Phi) is 54.6. The van der Waals surface area contributed by atoms with Crippen molar-refractivity contribution in [3.8, 4) is 46.1 Å². The van der Waals surface area contributed by atoms with Crippen LogP contribution < -0.4 is 37.9 Å². The fourth-order valence-electron chi connectivity index (χ4n) is 12.4. The van der Waals surface area contributed by atoms with Gasteiger partial charge in [0.05, 0.1) is 53.6 Å². The number of alkyl halides is 1. The van der Waals surface area contributed by atoms with Gasteiger partial charge in [-0.25, -0.2) is 9.37 Å². The maximum Gasteiger partial charge on any atom is 0.404 e. The van der Waals surface area contributed by atoms with E-state index in [9.17, 15) is 8.78 Å². The van der Waals surface area contributed by atoms with Gasteiger partial charge in [0.15, 0.2) is 28.7 Å². The molecule has 0 radical (unpaired) electrons. The number of hydrogen-bond donors (Lipinski definition) is 0. The molecule has 4 aliphatic rings. The molecule has 11 heterocycles. The van der Waals surface area contributed by atoms with E-state index < -0.39 is 6.04 Å². The van der Waals surface area contributed by atoms with Gasteiger partial charge in [0.1, 0.15) is 17.3 Å². The van der Waals surface area contributed by atoms with E-state index in [1.54, 1.807) is 43.9 Å². The number of rotatable bonds is 25. The predicted octanol–water partition coefficient (Wildman–Crippen LogP) is 35.0. The first-order valence-corrected chi connectivity index (χ1v) is 51.5. The van der Waals surface area contributed by atoms with Crippen LogP contribution >= 0.6 is 0 Å². The number of allylic oxidation sites excluding steroid dienone is 11. The lowest BCUT2D eigenvalue weighted by Gasteiger charge is -2.10. The Bertz CT molecular complexity index is 6040. The Balaban J connectivity index is 0.000000247. The molecule has 147 heavy (non-hydrogen) atoms. The summed E-state index contributed by atoms with van der Waals surface area (Å²) in [7, 11) is 3.72. The second-order valence-electron chi connectivity index (χ2n) is 40.0. The minimum atomic E-state index is -2.04. The van der Waals surface area contributed by atoms with Crippen LogP contribution in [0.5, 0.6) is 46.1 Å². The molecule has 1 atom stereocenters. The Hall–Kier alpha value is -14.1. The lowest BCUT2D eigenvalue weighted by atomic mass is 10.1. The van der Waals surface area contributed by atoms with Crippen molar-refractivity contribution >= 4 is 77.7 Å². The minimum absolute atomic E-state index is 0.213. The van der Waals surface area contributed by atoms with Crippen molar-refractivity contribution in [1.82, 2.24) is 39.5 Å². The number of aryl methyl sites for hydroxylation is 5. The maximum atomic E-state index is 13.6. The van der Waals surface area contributed by atoms with Gasteiger partial charge in [-0.2, -0.15) is 4.39 Å². The van der Waals surface area contributed by atoms with Crippen LogP contribution in [0.15, 0.2) is 280 Å². The third-order valence-corrected chi connectivity index (χ3v) is 20.7. The van der Waals surface area contributed by atoms with Crippen LogP contribution in [0.4, 0.5) is 8.78 Å². The monoisotopic (exact) mass is 1990 g/mol. The molecule has 0 N–H and O–H groups in total. The number of halogens is 2. The van der Waals surface area contributed by atoms with E-state index in [2.05, 4.69) is 352 Å². The molecule has 0 bridgehead atoms. The predicted molar refractivity (Wildman–Crippen MR) is 617 cm³/mol. The third-order valence-electron chi connectivity index (χ3n) is 20.7. The van der Waals surface area contributed by atoms with Gasteiger partial charge in [-0.1, -0.05) is 304 Å². The molecule has 1 saturated carbocycles. The van der Waals surface area contributed by atoms with Crippen LogP contribution in [0.25, 0.3) is 77.7 Å². The van der Waals surface area contributed by atoms with Crippen molar-refractivity contribution in [3.05, 3.63) is 370 Å². The van der Waals surface area contributed by atoms with Gasteiger partial charge in [-0.05, 0) is 296 Å². The van der Waals surface area contributed by atoms with Crippen LogP contribution in [-0.2, 0) is 7.05 Å². The second-order valence-corrected chi connectivity index (χ2v) is 40.0. The molecule has 782 valence electrons. The standard InChI is InChI=1S/C14H17FO.C14H17N.C13H15FO2.C12H14O2.C11H13NO2.C11H15NO.4C11H15N.C10H13N/c1-10(2)3-4-11-5-6-13(9-14(11)15)16-12-7-8-12;1-11(2)4-5-12-6-7-13-8-9-15(3)14(13)10-12;1-9(2)4-5-10-6-7-11-12(8-10)16-13(3,14)15-11;1-9(2)3-4-10-5-6-11-12(7-10)14-8-13-11;1-8(2)3-4-9-5-10-11(12-6-9)14-7-13-10;1-9(2)4-5-10-6-7-11(13-3)8-12-10;2*1-9(2)4-6-11-7-5-10(3)8-12-11;1-9(2)6-7-11-10(3)5-4-8-12-11;1-9(2)7-8-11-6-4-5-10(3)12-11;1-9(2)6-7-10-5-3-4-8-11-10/h3-6,9-10,12H,7-8H2,1-2H3;4-11H,1-3H3;4-9H,1-3H3;3-7,9H,8H2,1-2H3;3-6,8H,7H2,1-2H3;4-9H,1-3H3;4*4-9H,1-3H3;3-9H,1-2H3/b4-3+;2*5-4+;2*4-3+;5-4+;2*6-4+;7-6+;8-7+;7-6+. The number of benzene rings is 4. The SMILES string of the molecule is CC(C)/C=C/c1ccc(OC2CC2)cc1F.CC(C)/C=C/c1ccc2c(c1)OC(C)(F)O2.CC(C)/C=C/c1ccc2c(c1)OCO2.CC(C)/C=C/c1ccc2ccn(C)c2c1.CC(C)/C=C/c1ccccn1.CC(C)/C=C/c1cnc2c(c1)OCO2.COc1ccc(/C=C/C(C)C)nc1.Cc1ccc(/C=C/C(C)C)nc1.Cc1ccc(/C=C/C(C)C)nc1.Cc1cccc(/C=C/C(C)C)n1.Cc1cccnc1/C=C/C(C)C. The van der Waals surface area contributed by atoms with Crippen LogP contribution in [0.3, 0.4) is 0 Å². The molecule has 0 amide bonds. The molecular weight excluding hydrogens is 1830 g/mol. The van der Waals surface area contributed by atoms with Crippen molar-refractivity contribution in [3.63, 3.8) is 0 Å². The van der Waals surface area contributed by atoms with Gasteiger partial charge in [0.25, 0.3) is 5.88 Å². The lowest BCUT2D eigenvalue weighted by molar-refractivity contribution is -0.173. The Labute approximate surface area is 879 Å². The Morgan fingerprint density at radius 3 is 1.29 bits per heavy atom. The van der Waals surface area contributed by atoms with Crippen molar-refractivity contribution in [2.45, 2.75) is 212 Å². The normalized spacial score (nSPS) is 13.7. The van der Waals surface area contributed by atoms with E-state index in [0.29, 0.717) is 107 Å². The fraction of sp³-hybridized carbons (Fsp3) is 0.357. The zero-order valence-corrected chi connectivity index (χ0v) is 92.8. The number of methoxy groups -OCH3 is 1. The highest BCUT2D eigenvalue weighted by molar-refractivity contribution is 5.82. The topological polar surface area (TPSA) is 169 Å². The van der Waals surface area contributed by atoms with Crippen LogP contribution in [0, 0.1) is 98.6 Å². The molecule has 12 aromatic rings. The summed E-state index contributed by atoms with van der Waals surface area (Å²) in [4.78, 5) is 29.7. The Morgan fingerprint density at radius 1 is 0.361 bits per heavy atom. The van der Waals surface area contributed by atoms with Crippen LogP contribution in [0.2, 0.25) is 0 Å². The van der Waals surface area contributed by atoms with E-state index in [-0.39, 0.29) is 12.6 Å². The average Bonchev–Trinajstić information content (AvgIpc) is 1.66. The highest BCUT2D eigenvalue weighted by atomic mass is 19.2. The van der Waals surface area contributed by atoms with Crippen molar-refractivity contribution in [1.29, 1.82) is 0 Å². The molecule has 1 fully saturated rings. The zero-order valence-electron chi connectivity index (χ0n) is 92.8. The van der Waals surface area contributed by atoms with Crippen molar-refractivity contribution in [2.24, 2.45) is 72.1 Å². The summed E-state index contributed by atoms with van der Waals surface area (Å²) in [6, 6.07) is 53.1. The third kappa shape index (κ3) is 53.0. The van der Waals surface area contributed by atoms with E-state index in [1.807, 2.05) is 179 Å². The number of aromatic nitrogens is 8. The zero-order chi connectivity index (χ0) is 108. The number of pyridine rings is 7. The van der Waals surface area contributed by atoms with E-state index >= 15 is 0 Å². The van der Waals surface area contributed by atoms with Gasteiger partial charge in [-0.15, -0.1) is 0 Å². The van der Waals surface area contributed by atoms with Crippen molar-refractivity contribution in [2.75, 3.05) is 20.7 Å². The molecule has 16 rings (SSSR count). The Morgan fingerprint density at radius 2 is 0.796 bits per heavy atom. The molecule has 8 aromatic heterocycles. The molecule has 1 unspecified atom stereocenters. The van der Waals surface area contributed by atoms with Crippen LogP contribution in [0.1, 0.15) is 256 Å². The average molecular weight is 1990 g/mol. The summed E-state index contributed by atoms with van der Waals surface area (Å²) in [5.74, 6) is 11.3. The lowest BCUT2D eigenvalue weighted by Crippen LogP contribution is -2.27. The van der Waals surface area contributed by atoms with E-state index in [4.69, 9.17) is 37.9 Å². The van der Waals surface area contributed by atoms with Gasteiger partial charge in [0, 0.05) is 74.0 Å². The molecular formula is C129H164F2N8O8. The number of nitrogens with zero attached hydrogens (tertiary/aromatic N) is 8. The largest absolute Gasteiger partial charge is 0.495 e. The van der Waals surface area contributed by atoms with Crippen LogP contribution in [-0.4, -0.2) is 72.3 Å². The summed E-state index contributed by atoms with van der Waals surface area (Å²) in [5.41, 5.74) is 17.3. The quantitative estimate of drug-likeness (QED) is 0.0529. The molecule has 16 nitrogen and oxygen atoms in total.